The molecule has 64 valence electrons. The van der Waals surface area contributed by atoms with Crippen LogP contribution in [0.4, 0.5) is 0 Å². The number of rotatable bonds is 0. The quantitative estimate of drug-likeness (QED) is 0.512. The summed E-state index contributed by atoms with van der Waals surface area (Å²) in [4.78, 5) is 8.04. The number of nitrogens with zero attached hydrogens (tertiary/aromatic N) is 3. The predicted octanol–water partition coefficient (Wildman–Crippen LogP) is 0.508. The minimum atomic E-state index is 0.764. The van der Waals surface area contributed by atoms with Crippen LogP contribution < -0.4 is 5.62 Å². The highest BCUT2D eigenvalue weighted by atomic mass is 15.1. The van der Waals surface area contributed by atoms with Gasteiger partial charge in [0.2, 0.25) is 5.62 Å². The van der Waals surface area contributed by atoms with Crippen molar-refractivity contribution < 1.29 is 0 Å². The fourth-order valence-electron chi connectivity index (χ4n) is 0.776. The van der Waals surface area contributed by atoms with Gasteiger partial charge in [-0.3, -0.25) is 4.99 Å². The Morgan fingerprint density at radius 1 is 1.50 bits per heavy atom. The van der Waals surface area contributed by atoms with Gasteiger partial charge in [0.05, 0.1) is 0 Å². The Labute approximate surface area is 72.8 Å². The monoisotopic (exact) mass is 163 g/mol. The molecule has 1 aromatic rings. The van der Waals surface area contributed by atoms with E-state index < -0.39 is 0 Å². The third-order valence-corrected chi connectivity index (χ3v) is 1.53. The van der Waals surface area contributed by atoms with Gasteiger partial charge in [0.1, 0.15) is 0 Å². The van der Waals surface area contributed by atoms with E-state index in [2.05, 4.69) is 22.8 Å². The first kappa shape index (κ1) is 10.4. The predicted molar refractivity (Wildman–Crippen MR) is 49.3 cm³/mol. The van der Waals surface area contributed by atoms with Crippen LogP contribution in [0.25, 0.3) is 0 Å². The van der Waals surface area contributed by atoms with E-state index in [1.807, 2.05) is 24.6 Å². The maximum atomic E-state index is 4.05. The molecule has 1 aromatic heterocycles. The second-order valence-corrected chi connectivity index (χ2v) is 2.17. The summed E-state index contributed by atoms with van der Waals surface area (Å²) in [7, 11) is 3.69. The molecule has 0 spiro atoms. The highest BCUT2D eigenvalue weighted by Gasteiger charge is 1.88. The highest BCUT2D eigenvalue weighted by Crippen LogP contribution is 1.85. The van der Waals surface area contributed by atoms with Crippen molar-refractivity contribution in [2.45, 2.75) is 6.92 Å². The minimum absolute atomic E-state index is 0.764. The van der Waals surface area contributed by atoms with Gasteiger partial charge in [0.15, 0.2) is 0 Å². The van der Waals surface area contributed by atoms with Gasteiger partial charge in [-0.25, -0.2) is 4.98 Å². The first-order chi connectivity index (χ1) is 5.75. The molecule has 0 amide bonds. The van der Waals surface area contributed by atoms with Crippen molar-refractivity contribution in [1.29, 1.82) is 0 Å². The van der Waals surface area contributed by atoms with E-state index >= 15 is 0 Å². The van der Waals surface area contributed by atoms with E-state index in [-0.39, 0.29) is 0 Å². The molecule has 0 aliphatic rings. The number of hydrogen-bond acceptors (Lipinski definition) is 2. The van der Waals surface area contributed by atoms with Crippen LogP contribution in [0, 0.1) is 19.8 Å². The zero-order valence-corrected chi connectivity index (χ0v) is 7.65. The Morgan fingerprint density at radius 3 is 2.50 bits per heavy atom. The Hall–Kier alpha value is -1.56. The van der Waals surface area contributed by atoms with Gasteiger partial charge >= 0.3 is 0 Å². The molecular weight excluding hydrogens is 150 g/mol. The van der Waals surface area contributed by atoms with Crippen LogP contribution in [0.2, 0.25) is 0 Å². The van der Waals surface area contributed by atoms with E-state index in [4.69, 9.17) is 0 Å². The molecule has 0 saturated carbocycles. The molecule has 0 radical (unpaired) electrons. The van der Waals surface area contributed by atoms with Crippen molar-refractivity contribution in [3.8, 4) is 12.8 Å². The van der Waals surface area contributed by atoms with E-state index in [9.17, 15) is 0 Å². The second-order valence-electron chi connectivity index (χ2n) is 2.17. The van der Waals surface area contributed by atoms with Crippen molar-refractivity contribution in [3.05, 3.63) is 23.6 Å². The summed E-state index contributed by atoms with van der Waals surface area (Å²) in [6.07, 6.45) is 9.76. The molecular formula is C9H13N3. The fourth-order valence-corrected chi connectivity index (χ4v) is 0.776. The van der Waals surface area contributed by atoms with Gasteiger partial charge in [-0.1, -0.05) is 0 Å². The molecule has 0 aromatic carbocycles. The van der Waals surface area contributed by atoms with Crippen LogP contribution in [0.1, 0.15) is 5.69 Å². The Balaban J connectivity index is 0.000000561. The molecule has 12 heavy (non-hydrogen) atoms. The van der Waals surface area contributed by atoms with Gasteiger partial charge in [-0.05, 0) is 13.0 Å². The highest BCUT2D eigenvalue weighted by molar-refractivity contribution is 4.95. The number of hydrogen-bond donors (Lipinski definition) is 0. The number of terminal acetylenes is 1. The molecule has 1 rings (SSSR count). The molecule has 1 heterocycles. The number of aryl methyl sites for hydroxylation is 1. The second kappa shape index (κ2) is 5.14. The molecule has 0 atom stereocenters. The first-order valence-electron chi connectivity index (χ1n) is 3.50. The van der Waals surface area contributed by atoms with Gasteiger partial charge < -0.3 is 4.57 Å². The maximum Gasteiger partial charge on any atom is 0.224 e. The summed E-state index contributed by atoms with van der Waals surface area (Å²) in [6, 6.07) is 1.95. The van der Waals surface area contributed by atoms with Gasteiger partial charge in [0, 0.05) is 26.0 Å². The third-order valence-electron chi connectivity index (χ3n) is 1.53. The first-order valence-corrected chi connectivity index (χ1v) is 3.50. The summed E-state index contributed by atoms with van der Waals surface area (Å²) in [6.45, 7) is 2.02. The topological polar surface area (TPSA) is 30.2 Å². The smallest absolute Gasteiger partial charge is 0.224 e. The van der Waals surface area contributed by atoms with Gasteiger partial charge in [-0.2, -0.15) is 0 Å². The average Bonchev–Trinajstić information content (AvgIpc) is 2.13. The van der Waals surface area contributed by atoms with E-state index in [1.54, 1.807) is 13.2 Å². The Morgan fingerprint density at radius 2 is 2.08 bits per heavy atom. The van der Waals surface area contributed by atoms with Crippen LogP contribution in [0.5, 0.6) is 0 Å². The lowest BCUT2D eigenvalue weighted by Crippen LogP contribution is -2.22. The van der Waals surface area contributed by atoms with Crippen molar-refractivity contribution in [3.63, 3.8) is 0 Å². The zero-order chi connectivity index (χ0) is 9.56. The lowest BCUT2D eigenvalue weighted by Gasteiger charge is -2.00. The molecule has 0 unspecified atom stereocenters. The van der Waals surface area contributed by atoms with E-state index in [0.29, 0.717) is 0 Å². The lowest BCUT2D eigenvalue weighted by atomic mass is 10.4. The summed E-state index contributed by atoms with van der Waals surface area (Å²) in [5, 5.41) is 0. The van der Waals surface area contributed by atoms with Crippen LogP contribution in [-0.2, 0) is 7.05 Å². The standard InChI is InChI=1S/C7H11N3.C2H2/c1-6-4-5-9-7(8-2)10(6)3;1-2/h4-5H,1-3H3;1-2H. The molecule has 0 aliphatic heterocycles. The fraction of sp³-hybridized carbons (Fsp3) is 0.333. The van der Waals surface area contributed by atoms with Crippen molar-refractivity contribution in [1.82, 2.24) is 9.55 Å². The molecule has 0 aliphatic carbocycles. The van der Waals surface area contributed by atoms with E-state index in [0.717, 1.165) is 11.3 Å². The summed E-state index contributed by atoms with van der Waals surface area (Å²) in [5.41, 5.74) is 1.93. The molecule has 3 heteroatoms. The molecule has 0 bridgehead atoms. The molecule has 0 N–H and O–H groups in total. The third kappa shape index (κ3) is 2.24. The maximum absolute atomic E-state index is 4.05. The molecule has 3 nitrogen and oxygen atoms in total. The SMILES string of the molecule is C#C.CN=c1nccc(C)n1C. The van der Waals surface area contributed by atoms with Crippen LogP contribution in [0.15, 0.2) is 17.3 Å². The van der Waals surface area contributed by atoms with Crippen molar-refractivity contribution in [2.75, 3.05) is 7.05 Å². The zero-order valence-electron chi connectivity index (χ0n) is 7.65. The van der Waals surface area contributed by atoms with Crippen LogP contribution in [0.3, 0.4) is 0 Å². The Bertz CT molecular complexity index is 320. The van der Waals surface area contributed by atoms with Crippen molar-refractivity contribution >= 4 is 0 Å². The minimum Gasteiger partial charge on any atom is -0.318 e. The van der Waals surface area contributed by atoms with Crippen LogP contribution >= 0.6 is 0 Å². The normalized spacial score (nSPS) is 10.2. The van der Waals surface area contributed by atoms with Gasteiger partial charge in [0.25, 0.3) is 0 Å². The van der Waals surface area contributed by atoms with Crippen molar-refractivity contribution in [2.24, 2.45) is 12.0 Å². The van der Waals surface area contributed by atoms with Gasteiger partial charge in [-0.15, -0.1) is 12.8 Å². The lowest BCUT2D eigenvalue weighted by molar-refractivity contribution is 0.744. The molecule has 0 fully saturated rings. The summed E-state index contributed by atoms with van der Waals surface area (Å²) in [5.74, 6) is 0. The van der Waals surface area contributed by atoms with E-state index in [1.165, 1.54) is 0 Å². The largest absolute Gasteiger partial charge is 0.318 e. The summed E-state index contributed by atoms with van der Waals surface area (Å²) < 4.78 is 1.94. The van der Waals surface area contributed by atoms with Crippen LogP contribution in [-0.4, -0.2) is 16.6 Å². The Kier molecular flexibility index (Phi) is 4.47. The summed E-state index contributed by atoms with van der Waals surface area (Å²) >= 11 is 0. The number of aromatic nitrogens is 2. The average molecular weight is 163 g/mol. The molecule has 0 saturated heterocycles.